The average Bonchev–Trinajstić information content (AvgIpc) is 3.72. The molecule has 1 aliphatic rings. The molecule has 1 saturated heterocycles. The molecule has 0 bridgehead atoms. The number of likely N-dealkylation sites (N-methyl/N-ethyl adjacent to an activating group) is 1. The van der Waals surface area contributed by atoms with Crippen LogP contribution < -0.4 is 5.32 Å². The number of nitrogens with one attached hydrogen (secondary N) is 3. The lowest BCUT2D eigenvalue weighted by molar-refractivity contribution is 0.0115. The van der Waals surface area contributed by atoms with Gasteiger partial charge in [-0.2, -0.15) is 5.10 Å². The highest BCUT2D eigenvalue weighted by atomic mass is 19.3. The van der Waals surface area contributed by atoms with Crippen molar-refractivity contribution in [1.29, 1.82) is 0 Å². The molecule has 0 aliphatic carbocycles. The van der Waals surface area contributed by atoms with Crippen LogP contribution in [-0.2, 0) is 6.54 Å². The fraction of sp³-hybridized carbons (Fsp3) is 0.265. The molecule has 6 aromatic rings. The lowest BCUT2D eigenvalue weighted by atomic mass is 10.0. The predicted molar refractivity (Wildman–Crippen MR) is 172 cm³/mol. The van der Waals surface area contributed by atoms with Crippen LogP contribution >= 0.6 is 0 Å². The van der Waals surface area contributed by atoms with Crippen molar-refractivity contribution in [2.24, 2.45) is 0 Å². The summed E-state index contributed by atoms with van der Waals surface area (Å²) in [6.07, 6.45) is 5.06. The number of pyridine rings is 2. The number of nitrogens with zero attached hydrogens (tertiary/aromatic N) is 5. The molecule has 7 rings (SSSR count). The number of anilines is 1. The number of likely N-dealkylation sites (tertiary alicyclic amines) is 1. The Morgan fingerprint density at radius 1 is 0.978 bits per heavy atom. The standard InChI is InChI=1S/C34H33F3N8/c1-44(2)9-7-39-25-12-22(11-24(35)13-25)26-4-3-5-29-27(26)14-31(41-29)33-28-15-30(40-18-32(28)42-43-33)23-10-21(16-38-17-23)19-45-8-6-34(36,37)20-45/h3-5,10-18,39,41H,6-9,19-20H2,1-2H3,(H,42,43). The normalized spacial score (nSPS) is 15.1. The number of fused-ring (bicyclic) bond motifs is 2. The number of aromatic nitrogens is 5. The Morgan fingerprint density at radius 2 is 1.87 bits per heavy atom. The minimum Gasteiger partial charge on any atom is -0.384 e. The van der Waals surface area contributed by atoms with Gasteiger partial charge >= 0.3 is 0 Å². The first-order chi connectivity index (χ1) is 21.7. The minimum absolute atomic E-state index is 0.117. The van der Waals surface area contributed by atoms with Gasteiger partial charge in [0, 0.05) is 72.5 Å². The third-order valence-electron chi connectivity index (χ3n) is 8.21. The highest BCUT2D eigenvalue weighted by molar-refractivity contribution is 6.01. The monoisotopic (exact) mass is 610 g/mol. The Kier molecular flexibility index (Phi) is 7.50. The summed E-state index contributed by atoms with van der Waals surface area (Å²) in [5.41, 5.74) is 8.00. The second kappa shape index (κ2) is 11.6. The number of aromatic amines is 2. The number of benzene rings is 2. The number of alkyl halides is 2. The molecule has 4 aromatic heterocycles. The van der Waals surface area contributed by atoms with E-state index in [9.17, 15) is 13.2 Å². The van der Waals surface area contributed by atoms with E-state index >= 15 is 0 Å². The molecule has 0 unspecified atom stereocenters. The van der Waals surface area contributed by atoms with E-state index in [4.69, 9.17) is 0 Å². The van der Waals surface area contributed by atoms with E-state index in [1.807, 2.05) is 56.6 Å². The van der Waals surface area contributed by atoms with Crippen molar-refractivity contribution in [2.75, 3.05) is 45.6 Å². The van der Waals surface area contributed by atoms with Crippen LogP contribution in [0.25, 0.3) is 55.6 Å². The highest BCUT2D eigenvalue weighted by Crippen LogP contribution is 2.36. The van der Waals surface area contributed by atoms with Gasteiger partial charge in [0.2, 0.25) is 0 Å². The first kappa shape index (κ1) is 29.0. The Hall–Kier alpha value is -4.74. The van der Waals surface area contributed by atoms with Crippen LogP contribution in [0.4, 0.5) is 18.9 Å². The fourth-order valence-electron chi connectivity index (χ4n) is 6.00. The van der Waals surface area contributed by atoms with Gasteiger partial charge in [-0.25, -0.2) is 13.2 Å². The number of H-pyrrole nitrogens is 2. The van der Waals surface area contributed by atoms with Crippen LogP contribution in [-0.4, -0.2) is 81.1 Å². The summed E-state index contributed by atoms with van der Waals surface area (Å²) in [5, 5.41) is 12.8. The molecule has 0 saturated carbocycles. The fourth-order valence-corrected chi connectivity index (χ4v) is 6.00. The molecule has 3 N–H and O–H groups in total. The zero-order valence-corrected chi connectivity index (χ0v) is 25.0. The quantitative estimate of drug-likeness (QED) is 0.167. The molecular weight excluding hydrogens is 577 g/mol. The van der Waals surface area contributed by atoms with E-state index in [2.05, 4.69) is 35.4 Å². The van der Waals surface area contributed by atoms with E-state index in [1.165, 1.54) is 6.07 Å². The number of hydrogen-bond acceptors (Lipinski definition) is 6. The van der Waals surface area contributed by atoms with Crippen LogP contribution in [0.1, 0.15) is 12.0 Å². The van der Waals surface area contributed by atoms with Gasteiger partial charge in [-0.3, -0.25) is 20.0 Å². The SMILES string of the molecule is CN(C)CCNc1cc(F)cc(-c2cccc3[nH]c(-c4n[nH]c5cnc(-c6cncc(CN7CCC(F)(F)C7)c6)cc45)cc23)c1. The Bertz CT molecular complexity index is 2000. The van der Waals surface area contributed by atoms with Crippen molar-refractivity contribution in [3.05, 3.63) is 84.6 Å². The lowest BCUT2D eigenvalue weighted by Crippen LogP contribution is -2.24. The molecule has 11 heteroatoms. The van der Waals surface area contributed by atoms with Gasteiger partial charge in [0.1, 0.15) is 11.5 Å². The van der Waals surface area contributed by atoms with Gasteiger partial charge in [-0.05, 0) is 73.3 Å². The Morgan fingerprint density at radius 3 is 2.69 bits per heavy atom. The molecule has 5 heterocycles. The van der Waals surface area contributed by atoms with E-state index < -0.39 is 5.92 Å². The number of rotatable bonds is 9. The molecule has 1 fully saturated rings. The maximum atomic E-state index is 14.7. The molecule has 0 spiro atoms. The van der Waals surface area contributed by atoms with Gasteiger partial charge in [0.15, 0.2) is 0 Å². The maximum absolute atomic E-state index is 14.7. The zero-order valence-electron chi connectivity index (χ0n) is 25.0. The van der Waals surface area contributed by atoms with Gasteiger partial charge < -0.3 is 15.2 Å². The Labute approximate surface area is 258 Å². The van der Waals surface area contributed by atoms with Gasteiger partial charge in [-0.15, -0.1) is 0 Å². The van der Waals surface area contributed by atoms with Gasteiger partial charge in [0.25, 0.3) is 5.92 Å². The summed E-state index contributed by atoms with van der Waals surface area (Å²) in [4.78, 5) is 16.3. The second-order valence-corrected chi connectivity index (χ2v) is 12.0. The van der Waals surface area contributed by atoms with Crippen molar-refractivity contribution in [3.63, 3.8) is 0 Å². The van der Waals surface area contributed by atoms with E-state index in [0.717, 1.165) is 67.7 Å². The first-order valence-corrected chi connectivity index (χ1v) is 14.9. The third kappa shape index (κ3) is 6.13. The van der Waals surface area contributed by atoms with Crippen molar-refractivity contribution < 1.29 is 13.2 Å². The summed E-state index contributed by atoms with van der Waals surface area (Å²) in [6, 6.07) is 16.9. The molecule has 0 atom stereocenters. The zero-order chi connectivity index (χ0) is 31.1. The first-order valence-electron chi connectivity index (χ1n) is 14.9. The molecular formula is C34H33F3N8. The molecule has 2 aromatic carbocycles. The van der Waals surface area contributed by atoms with E-state index in [-0.39, 0.29) is 18.8 Å². The minimum atomic E-state index is -2.64. The smallest absolute Gasteiger partial charge is 0.261 e. The van der Waals surface area contributed by atoms with Crippen LogP contribution in [0.5, 0.6) is 0 Å². The summed E-state index contributed by atoms with van der Waals surface area (Å²) in [5.74, 6) is -2.94. The number of hydrogen-bond donors (Lipinski definition) is 3. The maximum Gasteiger partial charge on any atom is 0.261 e. The third-order valence-corrected chi connectivity index (χ3v) is 8.21. The molecule has 8 nitrogen and oxygen atoms in total. The van der Waals surface area contributed by atoms with E-state index in [1.54, 1.807) is 29.6 Å². The summed E-state index contributed by atoms with van der Waals surface area (Å²) >= 11 is 0. The summed E-state index contributed by atoms with van der Waals surface area (Å²) < 4.78 is 42.1. The molecule has 0 amide bonds. The molecule has 1 aliphatic heterocycles. The van der Waals surface area contributed by atoms with Crippen LogP contribution in [0, 0.1) is 5.82 Å². The Balaban J connectivity index is 1.20. The summed E-state index contributed by atoms with van der Waals surface area (Å²) in [7, 11) is 4.00. The van der Waals surface area contributed by atoms with Crippen LogP contribution in [0.2, 0.25) is 0 Å². The molecule has 0 radical (unpaired) electrons. The predicted octanol–water partition coefficient (Wildman–Crippen LogP) is 6.79. The molecule has 230 valence electrons. The number of halogens is 3. The van der Waals surface area contributed by atoms with Gasteiger partial charge in [0.05, 0.1) is 29.6 Å². The summed E-state index contributed by atoms with van der Waals surface area (Å²) in [6.45, 7) is 2.07. The second-order valence-electron chi connectivity index (χ2n) is 12.0. The van der Waals surface area contributed by atoms with Crippen molar-refractivity contribution in [3.8, 4) is 33.8 Å². The van der Waals surface area contributed by atoms with Crippen LogP contribution in [0.3, 0.4) is 0 Å². The van der Waals surface area contributed by atoms with Crippen molar-refractivity contribution in [1.82, 2.24) is 34.9 Å². The highest BCUT2D eigenvalue weighted by Gasteiger charge is 2.37. The van der Waals surface area contributed by atoms with Crippen LogP contribution in [0.15, 0.2) is 73.2 Å². The largest absolute Gasteiger partial charge is 0.384 e. The topological polar surface area (TPSA) is 88.8 Å². The lowest BCUT2D eigenvalue weighted by Gasteiger charge is -2.15. The van der Waals surface area contributed by atoms with Gasteiger partial charge in [-0.1, -0.05) is 12.1 Å². The van der Waals surface area contributed by atoms with E-state index in [0.29, 0.717) is 25.3 Å². The van der Waals surface area contributed by atoms with Crippen molar-refractivity contribution >= 4 is 27.5 Å². The van der Waals surface area contributed by atoms with Crippen molar-refractivity contribution in [2.45, 2.75) is 18.9 Å². The average molecular weight is 611 g/mol. The molecule has 45 heavy (non-hydrogen) atoms.